The fourth-order valence-corrected chi connectivity index (χ4v) is 3.10. The number of aliphatic carboxylic acids is 1. The number of likely N-dealkylation sites (N-methyl/N-ethyl adjacent to an activating group) is 2. The van der Waals surface area contributed by atoms with E-state index in [1.165, 1.54) is 19.4 Å². The van der Waals surface area contributed by atoms with Crippen molar-refractivity contribution in [2.75, 3.05) is 33.7 Å². The Bertz CT molecular complexity index is 337. The average Bonchev–Trinajstić information content (AvgIpc) is 2.81. The van der Waals surface area contributed by atoms with Crippen LogP contribution in [0.3, 0.4) is 0 Å². The van der Waals surface area contributed by atoms with Crippen LogP contribution >= 0.6 is 0 Å². The fourth-order valence-electron chi connectivity index (χ4n) is 3.10. The van der Waals surface area contributed by atoms with Gasteiger partial charge >= 0.3 is 5.97 Å². The lowest BCUT2D eigenvalue weighted by atomic mass is 9.92. The van der Waals surface area contributed by atoms with Crippen LogP contribution in [0.4, 0.5) is 0 Å². The average molecular weight is 299 g/mol. The maximum absolute atomic E-state index is 11.6. The summed E-state index contributed by atoms with van der Waals surface area (Å²) in [4.78, 5) is 16.3. The minimum atomic E-state index is -0.842. The van der Waals surface area contributed by atoms with Crippen molar-refractivity contribution >= 4 is 5.97 Å². The smallest absolute Gasteiger partial charge is 0.323 e. The quantitative estimate of drug-likeness (QED) is 0.678. The first-order chi connectivity index (χ1) is 9.80. The molecule has 124 valence electrons. The van der Waals surface area contributed by atoms with Crippen LogP contribution in [0.1, 0.15) is 46.5 Å². The zero-order chi connectivity index (χ0) is 16.0. The third kappa shape index (κ3) is 5.24. The first-order valence-corrected chi connectivity index (χ1v) is 8.19. The Morgan fingerprint density at radius 2 is 2.24 bits per heavy atom. The molecule has 3 unspecified atom stereocenters. The van der Waals surface area contributed by atoms with Gasteiger partial charge in [-0.05, 0) is 66.7 Å². The summed E-state index contributed by atoms with van der Waals surface area (Å²) in [5, 5.41) is 12.7. The van der Waals surface area contributed by atoms with Gasteiger partial charge in [0, 0.05) is 18.6 Å². The molecule has 1 aliphatic rings. The van der Waals surface area contributed by atoms with E-state index in [2.05, 4.69) is 43.1 Å². The molecule has 1 fully saturated rings. The molecular formula is C16H33N3O2. The van der Waals surface area contributed by atoms with E-state index in [4.69, 9.17) is 0 Å². The second-order valence-electron chi connectivity index (χ2n) is 6.83. The van der Waals surface area contributed by atoms with Crippen LogP contribution in [-0.4, -0.2) is 72.2 Å². The molecule has 0 aromatic heterocycles. The van der Waals surface area contributed by atoms with Gasteiger partial charge in [-0.15, -0.1) is 0 Å². The van der Waals surface area contributed by atoms with Crippen molar-refractivity contribution in [1.29, 1.82) is 0 Å². The van der Waals surface area contributed by atoms with E-state index in [9.17, 15) is 9.90 Å². The van der Waals surface area contributed by atoms with Crippen molar-refractivity contribution in [1.82, 2.24) is 15.1 Å². The zero-order valence-corrected chi connectivity index (χ0v) is 14.4. The standard InChI is InChI=1S/C16H33N3O2/c1-6-9-17-16(3,15(20)21)11-13(2)19(5)12-14-8-7-10-18(14)4/h13-14,17H,6-12H2,1-5H3,(H,20,21). The molecule has 1 aliphatic heterocycles. The molecule has 0 saturated carbocycles. The fraction of sp³-hybridized carbons (Fsp3) is 0.938. The second-order valence-corrected chi connectivity index (χ2v) is 6.83. The number of rotatable bonds is 9. The highest BCUT2D eigenvalue weighted by Gasteiger charge is 2.35. The van der Waals surface area contributed by atoms with E-state index in [0.29, 0.717) is 12.5 Å². The van der Waals surface area contributed by atoms with Crippen molar-refractivity contribution in [2.24, 2.45) is 0 Å². The van der Waals surface area contributed by atoms with Crippen LogP contribution in [-0.2, 0) is 4.79 Å². The Morgan fingerprint density at radius 3 is 2.71 bits per heavy atom. The van der Waals surface area contributed by atoms with Gasteiger partial charge in [-0.3, -0.25) is 4.79 Å². The molecule has 1 saturated heterocycles. The molecule has 1 heterocycles. The van der Waals surface area contributed by atoms with Gasteiger partial charge in [0.05, 0.1) is 0 Å². The number of nitrogens with one attached hydrogen (secondary N) is 1. The summed E-state index contributed by atoms with van der Waals surface area (Å²) in [5.74, 6) is -0.755. The first kappa shape index (κ1) is 18.4. The third-order valence-corrected chi connectivity index (χ3v) is 4.86. The molecular weight excluding hydrogens is 266 g/mol. The highest BCUT2D eigenvalue weighted by atomic mass is 16.4. The summed E-state index contributed by atoms with van der Waals surface area (Å²) in [6, 6.07) is 0.849. The van der Waals surface area contributed by atoms with Crippen LogP contribution in [0.15, 0.2) is 0 Å². The van der Waals surface area contributed by atoms with E-state index in [-0.39, 0.29) is 6.04 Å². The molecule has 1 rings (SSSR count). The van der Waals surface area contributed by atoms with Crippen molar-refractivity contribution in [3.05, 3.63) is 0 Å². The SMILES string of the molecule is CCCNC(C)(CC(C)N(C)CC1CCCN1C)C(=O)O. The molecule has 21 heavy (non-hydrogen) atoms. The molecule has 5 heteroatoms. The number of carboxylic acid groups (broad SMARTS) is 1. The number of likely N-dealkylation sites (tertiary alicyclic amines) is 1. The monoisotopic (exact) mass is 299 g/mol. The maximum Gasteiger partial charge on any atom is 0.323 e. The Kier molecular flexibility index (Phi) is 7.10. The number of hydrogen-bond acceptors (Lipinski definition) is 4. The summed E-state index contributed by atoms with van der Waals surface area (Å²) in [7, 11) is 4.29. The van der Waals surface area contributed by atoms with E-state index in [1.807, 2.05) is 0 Å². The minimum absolute atomic E-state index is 0.240. The van der Waals surface area contributed by atoms with Crippen molar-refractivity contribution in [3.63, 3.8) is 0 Å². The van der Waals surface area contributed by atoms with Crippen LogP contribution in [0.2, 0.25) is 0 Å². The summed E-state index contributed by atoms with van der Waals surface area (Å²) in [5.41, 5.74) is -0.842. The molecule has 5 nitrogen and oxygen atoms in total. The molecule has 0 amide bonds. The summed E-state index contributed by atoms with van der Waals surface area (Å²) >= 11 is 0. The van der Waals surface area contributed by atoms with E-state index in [0.717, 1.165) is 19.5 Å². The summed E-state index contributed by atoms with van der Waals surface area (Å²) < 4.78 is 0. The Balaban J connectivity index is 2.55. The highest BCUT2D eigenvalue weighted by molar-refractivity contribution is 5.78. The second kappa shape index (κ2) is 8.11. The maximum atomic E-state index is 11.6. The van der Waals surface area contributed by atoms with Gasteiger partial charge < -0.3 is 20.2 Å². The van der Waals surface area contributed by atoms with Crippen LogP contribution in [0.5, 0.6) is 0 Å². The predicted octanol–water partition coefficient (Wildman–Crippen LogP) is 1.63. The molecule has 0 spiro atoms. The lowest BCUT2D eigenvalue weighted by Crippen LogP contribution is -2.54. The molecule has 0 aromatic rings. The highest BCUT2D eigenvalue weighted by Crippen LogP contribution is 2.20. The molecule has 0 aromatic carbocycles. The van der Waals surface area contributed by atoms with Gasteiger partial charge in [-0.25, -0.2) is 0 Å². The van der Waals surface area contributed by atoms with Crippen LogP contribution < -0.4 is 5.32 Å². The third-order valence-electron chi connectivity index (χ3n) is 4.86. The van der Waals surface area contributed by atoms with Crippen LogP contribution in [0, 0.1) is 0 Å². The number of carboxylic acids is 1. The molecule has 0 radical (unpaired) electrons. The number of nitrogens with zero attached hydrogens (tertiary/aromatic N) is 2. The topological polar surface area (TPSA) is 55.8 Å². The van der Waals surface area contributed by atoms with Gasteiger partial charge in [-0.1, -0.05) is 6.92 Å². The Hall–Kier alpha value is -0.650. The van der Waals surface area contributed by atoms with Gasteiger partial charge in [0.2, 0.25) is 0 Å². The zero-order valence-electron chi connectivity index (χ0n) is 14.4. The minimum Gasteiger partial charge on any atom is -0.480 e. The largest absolute Gasteiger partial charge is 0.480 e. The lowest BCUT2D eigenvalue weighted by molar-refractivity contribution is -0.145. The normalized spacial score (nSPS) is 24.2. The van der Waals surface area contributed by atoms with Gasteiger partial charge in [0.15, 0.2) is 0 Å². The van der Waals surface area contributed by atoms with Gasteiger partial charge in [-0.2, -0.15) is 0 Å². The van der Waals surface area contributed by atoms with Crippen molar-refractivity contribution in [2.45, 2.75) is 64.1 Å². The molecule has 3 atom stereocenters. The summed E-state index contributed by atoms with van der Waals surface area (Å²) in [6.07, 6.45) is 4.08. The Morgan fingerprint density at radius 1 is 1.57 bits per heavy atom. The van der Waals surface area contributed by atoms with Gasteiger partial charge in [0.1, 0.15) is 5.54 Å². The van der Waals surface area contributed by atoms with Crippen molar-refractivity contribution in [3.8, 4) is 0 Å². The van der Waals surface area contributed by atoms with Crippen molar-refractivity contribution < 1.29 is 9.90 Å². The van der Waals surface area contributed by atoms with Crippen LogP contribution in [0.25, 0.3) is 0 Å². The van der Waals surface area contributed by atoms with E-state index >= 15 is 0 Å². The predicted molar refractivity (Wildman–Crippen MR) is 86.7 cm³/mol. The van der Waals surface area contributed by atoms with E-state index in [1.54, 1.807) is 6.92 Å². The first-order valence-electron chi connectivity index (χ1n) is 8.19. The molecule has 0 bridgehead atoms. The summed E-state index contributed by atoms with van der Waals surface area (Å²) in [6.45, 7) is 8.92. The molecule has 0 aliphatic carbocycles. The Labute approximate surface area is 129 Å². The number of hydrogen-bond donors (Lipinski definition) is 2. The number of carbonyl (C=O) groups is 1. The van der Waals surface area contributed by atoms with Gasteiger partial charge in [0.25, 0.3) is 0 Å². The lowest BCUT2D eigenvalue weighted by Gasteiger charge is -2.35. The molecule has 2 N–H and O–H groups in total. The van der Waals surface area contributed by atoms with E-state index < -0.39 is 11.5 Å².